The van der Waals surface area contributed by atoms with Gasteiger partial charge in [0.25, 0.3) is 0 Å². The van der Waals surface area contributed by atoms with Crippen LogP contribution in [-0.4, -0.2) is 40.4 Å². The lowest BCUT2D eigenvalue weighted by molar-refractivity contribution is 0.288. The first-order chi connectivity index (χ1) is 13.6. The molecular weight excluding hydrogens is 374 g/mol. The molecule has 2 rings (SSSR count). The van der Waals surface area contributed by atoms with Crippen LogP contribution in [0.15, 0.2) is 34.6 Å². The van der Waals surface area contributed by atoms with Crippen molar-refractivity contribution in [2.24, 2.45) is 10.9 Å². The summed E-state index contributed by atoms with van der Waals surface area (Å²) in [7, 11) is 5.03. The molecule has 1 heterocycles. The van der Waals surface area contributed by atoms with Crippen molar-refractivity contribution >= 4 is 17.3 Å². The minimum Gasteiger partial charge on any atom is -0.493 e. The van der Waals surface area contributed by atoms with E-state index in [1.54, 1.807) is 32.6 Å². The summed E-state index contributed by atoms with van der Waals surface area (Å²) in [5.74, 6) is 3.23. The lowest BCUT2D eigenvalue weighted by Crippen LogP contribution is -2.39. The number of hydrogen-bond acceptors (Lipinski definition) is 5. The van der Waals surface area contributed by atoms with Gasteiger partial charge in [-0.15, -0.1) is 11.3 Å². The van der Waals surface area contributed by atoms with Gasteiger partial charge in [-0.3, -0.25) is 4.99 Å². The Morgan fingerprint density at radius 1 is 1.18 bits per heavy atom. The van der Waals surface area contributed by atoms with Crippen molar-refractivity contribution in [3.8, 4) is 17.2 Å². The van der Waals surface area contributed by atoms with Gasteiger partial charge in [-0.2, -0.15) is 0 Å². The molecule has 0 amide bonds. The summed E-state index contributed by atoms with van der Waals surface area (Å²) in [6.45, 7) is 6.17. The Labute approximate surface area is 171 Å². The zero-order valence-electron chi connectivity index (χ0n) is 17.4. The molecule has 28 heavy (non-hydrogen) atoms. The third kappa shape index (κ3) is 6.34. The predicted octanol–water partition coefficient (Wildman–Crippen LogP) is 3.71. The predicted molar refractivity (Wildman–Crippen MR) is 116 cm³/mol. The maximum atomic E-state index is 5.65. The normalized spacial score (nSPS) is 12.4. The number of ether oxygens (including phenoxy) is 3. The number of rotatable bonds is 10. The standard InChI is InChI=1S/C21H31N3O3S/c1-6-27-20-18(25-4)11-16(12-19(20)26-5)14-24-21(22-3)23-13-15(2)10-17-8-7-9-28-17/h7-9,11-12,15H,6,10,13-14H2,1-5H3,(H2,22,23,24). The lowest BCUT2D eigenvalue weighted by atomic mass is 10.1. The van der Waals surface area contributed by atoms with E-state index in [9.17, 15) is 0 Å². The fraction of sp³-hybridized carbons (Fsp3) is 0.476. The Morgan fingerprint density at radius 3 is 2.43 bits per heavy atom. The van der Waals surface area contributed by atoms with Gasteiger partial charge in [-0.05, 0) is 48.4 Å². The van der Waals surface area contributed by atoms with E-state index in [0.29, 0.717) is 36.3 Å². The van der Waals surface area contributed by atoms with Crippen molar-refractivity contribution in [2.75, 3.05) is 34.4 Å². The number of aliphatic imine (C=N–C) groups is 1. The maximum Gasteiger partial charge on any atom is 0.203 e. The smallest absolute Gasteiger partial charge is 0.203 e. The maximum absolute atomic E-state index is 5.65. The first-order valence-corrected chi connectivity index (χ1v) is 10.3. The summed E-state index contributed by atoms with van der Waals surface area (Å²) >= 11 is 1.80. The molecular formula is C21H31N3O3S. The van der Waals surface area contributed by atoms with E-state index < -0.39 is 0 Å². The molecule has 0 aliphatic heterocycles. The number of nitrogens with zero attached hydrogens (tertiary/aromatic N) is 1. The Bertz CT molecular complexity index is 722. The molecule has 154 valence electrons. The monoisotopic (exact) mass is 405 g/mol. The number of guanidine groups is 1. The van der Waals surface area contributed by atoms with Gasteiger partial charge in [0.05, 0.1) is 20.8 Å². The molecule has 2 N–H and O–H groups in total. The van der Waals surface area contributed by atoms with Crippen LogP contribution in [0.4, 0.5) is 0 Å². The third-order valence-corrected chi connectivity index (χ3v) is 5.14. The minimum atomic E-state index is 0.517. The van der Waals surface area contributed by atoms with Crippen molar-refractivity contribution in [2.45, 2.75) is 26.8 Å². The summed E-state index contributed by atoms with van der Waals surface area (Å²) in [4.78, 5) is 5.72. The molecule has 1 aromatic carbocycles. The van der Waals surface area contributed by atoms with Crippen LogP contribution in [-0.2, 0) is 13.0 Å². The number of hydrogen-bond donors (Lipinski definition) is 2. The van der Waals surface area contributed by atoms with Crippen molar-refractivity contribution in [1.29, 1.82) is 0 Å². The van der Waals surface area contributed by atoms with Crippen molar-refractivity contribution in [3.05, 3.63) is 40.1 Å². The van der Waals surface area contributed by atoms with Crippen LogP contribution < -0.4 is 24.8 Å². The molecule has 2 aromatic rings. The van der Waals surface area contributed by atoms with Gasteiger partial charge in [0.15, 0.2) is 17.5 Å². The SMILES string of the molecule is CCOc1c(OC)cc(CNC(=NC)NCC(C)Cc2cccs2)cc1OC. The number of thiophene rings is 1. The fourth-order valence-corrected chi connectivity index (χ4v) is 3.71. The number of methoxy groups -OCH3 is 2. The van der Waals surface area contributed by atoms with Crippen molar-refractivity contribution in [3.63, 3.8) is 0 Å². The van der Waals surface area contributed by atoms with Crippen LogP contribution in [0.3, 0.4) is 0 Å². The van der Waals surface area contributed by atoms with Crippen LogP contribution >= 0.6 is 11.3 Å². The molecule has 0 spiro atoms. The molecule has 1 atom stereocenters. The highest BCUT2D eigenvalue weighted by atomic mass is 32.1. The molecule has 1 aromatic heterocycles. The summed E-state index contributed by atoms with van der Waals surface area (Å²) in [5.41, 5.74) is 1.02. The van der Waals surface area contributed by atoms with Crippen LogP contribution in [0.1, 0.15) is 24.3 Å². The Balaban J connectivity index is 1.93. The molecule has 6 nitrogen and oxygen atoms in total. The summed E-state index contributed by atoms with van der Waals surface area (Å²) in [6.07, 6.45) is 1.06. The van der Waals surface area contributed by atoms with Crippen LogP contribution in [0.2, 0.25) is 0 Å². The first kappa shape index (κ1) is 21.9. The van der Waals surface area contributed by atoms with E-state index in [2.05, 4.69) is 40.1 Å². The molecule has 0 aliphatic rings. The topological polar surface area (TPSA) is 64.1 Å². The minimum absolute atomic E-state index is 0.517. The number of nitrogens with one attached hydrogen (secondary N) is 2. The zero-order chi connectivity index (χ0) is 20.4. The largest absolute Gasteiger partial charge is 0.493 e. The zero-order valence-corrected chi connectivity index (χ0v) is 18.2. The lowest BCUT2D eigenvalue weighted by Gasteiger charge is -2.18. The van der Waals surface area contributed by atoms with Crippen LogP contribution in [0.25, 0.3) is 0 Å². The highest BCUT2D eigenvalue weighted by Gasteiger charge is 2.14. The van der Waals surface area contributed by atoms with E-state index in [1.807, 2.05) is 19.1 Å². The van der Waals surface area contributed by atoms with Gasteiger partial charge < -0.3 is 24.8 Å². The second-order valence-corrected chi connectivity index (χ2v) is 7.49. The van der Waals surface area contributed by atoms with Crippen LogP contribution in [0.5, 0.6) is 17.2 Å². The Morgan fingerprint density at radius 2 is 1.89 bits per heavy atom. The highest BCUT2D eigenvalue weighted by molar-refractivity contribution is 7.09. The van der Waals surface area contributed by atoms with Crippen LogP contribution in [0, 0.1) is 5.92 Å². The average molecular weight is 406 g/mol. The summed E-state index contributed by atoms with van der Waals surface area (Å²) in [5, 5.41) is 8.86. The second-order valence-electron chi connectivity index (χ2n) is 6.46. The van der Waals surface area contributed by atoms with Gasteiger partial charge in [0.1, 0.15) is 0 Å². The van der Waals surface area contributed by atoms with E-state index in [0.717, 1.165) is 24.5 Å². The van der Waals surface area contributed by atoms with Gasteiger partial charge in [-0.25, -0.2) is 0 Å². The van der Waals surface area contributed by atoms with Crippen molar-refractivity contribution in [1.82, 2.24) is 10.6 Å². The fourth-order valence-electron chi connectivity index (χ4n) is 2.84. The summed E-state index contributed by atoms with van der Waals surface area (Å²) < 4.78 is 16.6. The molecule has 7 heteroatoms. The van der Waals surface area contributed by atoms with E-state index in [-0.39, 0.29) is 0 Å². The van der Waals surface area contributed by atoms with Gasteiger partial charge in [-0.1, -0.05) is 13.0 Å². The highest BCUT2D eigenvalue weighted by Crippen LogP contribution is 2.38. The Kier molecular flexibility index (Phi) is 8.94. The van der Waals surface area contributed by atoms with E-state index >= 15 is 0 Å². The quantitative estimate of drug-likeness (QED) is 0.466. The molecule has 0 saturated carbocycles. The van der Waals surface area contributed by atoms with E-state index in [4.69, 9.17) is 14.2 Å². The molecule has 0 saturated heterocycles. The number of benzene rings is 1. The molecule has 0 radical (unpaired) electrons. The Hall–Kier alpha value is -2.41. The third-order valence-electron chi connectivity index (χ3n) is 4.24. The molecule has 0 fully saturated rings. The van der Waals surface area contributed by atoms with E-state index in [1.165, 1.54) is 4.88 Å². The molecule has 0 bridgehead atoms. The second kappa shape index (κ2) is 11.4. The van der Waals surface area contributed by atoms with Gasteiger partial charge in [0.2, 0.25) is 5.75 Å². The van der Waals surface area contributed by atoms with Gasteiger partial charge >= 0.3 is 0 Å². The summed E-state index contributed by atoms with van der Waals surface area (Å²) in [6, 6.07) is 8.18. The molecule has 0 aliphatic carbocycles. The average Bonchev–Trinajstić information content (AvgIpc) is 3.21. The molecule has 1 unspecified atom stereocenters. The van der Waals surface area contributed by atoms with Crippen molar-refractivity contribution < 1.29 is 14.2 Å². The van der Waals surface area contributed by atoms with Gasteiger partial charge in [0, 0.05) is 25.0 Å². The first-order valence-electron chi connectivity index (χ1n) is 9.45.